The van der Waals surface area contributed by atoms with Gasteiger partial charge in [-0.15, -0.1) is 12.4 Å². The SMILES string of the molecule is COc1cc2c(cc1OC)C(N)(C(=O)CC(N)=O)N=CN2N1CCNCC1.Cl.O. The van der Waals surface area contributed by atoms with Gasteiger partial charge in [0.05, 0.1) is 26.3 Å². The summed E-state index contributed by atoms with van der Waals surface area (Å²) in [5.74, 6) is -0.432. The maximum Gasteiger partial charge on any atom is 0.225 e. The molecule has 1 amide bonds. The van der Waals surface area contributed by atoms with Gasteiger partial charge in [0.25, 0.3) is 0 Å². The van der Waals surface area contributed by atoms with E-state index in [0.717, 1.165) is 26.2 Å². The standard InChI is InChI=1S/C17H24N6O4.ClH.H2O/c1-26-13-7-11-12(8-14(13)27-2)23(22-5-3-20-4-6-22)10-21-17(11,19)15(24)9-16(18)25;;/h7-8,10,20H,3-6,9,19H2,1-2H3,(H2,18,25);1H;1H2. The summed E-state index contributed by atoms with van der Waals surface area (Å²) in [6.45, 7) is 3.15. The lowest BCUT2D eigenvalue weighted by atomic mass is 9.91. The first-order chi connectivity index (χ1) is 12.9. The number of ether oxygens (including phenoxy) is 2. The molecule has 12 heteroatoms. The summed E-state index contributed by atoms with van der Waals surface area (Å²) in [6, 6.07) is 3.37. The molecule has 1 atom stereocenters. The Balaban J connectivity index is 0.00000210. The van der Waals surface area contributed by atoms with Crippen LogP contribution >= 0.6 is 12.4 Å². The summed E-state index contributed by atoms with van der Waals surface area (Å²) >= 11 is 0. The number of primary amides is 1. The molecule has 2 aliphatic heterocycles. The maximum absolute atomic E-state index is 12.7. The Morgan fingerprint density at radius 3 is 2.34 bits per heavy atom. The minimum absolute atomic E-state index is 0. The van der Waals surface area contributed by atoms with Crippen LogP contribution < -0.4 is 31.3 Å². The van der Waals surface area contributed by atoms with Gasteiger partial charge in [0, 0.05) is 37.8 Å². The number of hydrogen-bond donors (Lipinski definition) is 3. The van der Waals surface area contributed by atoms with E-state index in [1.54, 1.807) is 12.1 Å². The van der Waals surface area contributed by atoms with Gasteiger partial charge in [0.15, 0.2) is 22.9 Å². The van der Waals surface area contributed by atoms with Gasteiger partial charge in [-0.1, -0.05) is 0 Å². The molecule has 0 spiro atoms. The Bertz CT molecular complexity index is 786. The highest BCUT2D eigenvalue weighted by Gasteiger charge is 2.43. The van der Waals surface area contributed by atoms with Crippen molar-refractivity contribution in [2.75, 3.05) is 45.4 Å². The number of nitrogens with zero attached hydrogens (tertiary/aromatic N) is 3. The molecule has 162 valence electrons. The second-order valence-electron chi connectivity index (χ2n) is 6.35. The smallest absolute Gasteiger partial charge is 0.225 e. The predicted molar refractivity (Wildman–Crippen MR) is 111 cm³/mol. The second-order valence-corrected chi connectivity index (χ2v) is 6.35. The quantitative estimate of drug-likeness (QED) is 0.459. The average Bonchev–Trinajstić information content (AvgIpc) is 2.67. The lowest BCUT2D eigenvalue weighted by molar-refractivity contribution is -0.129. The number of anilines is 1. The van der Waals surface area contributed by atoms with Gasteiger partial charge < -0.3 is 26.0 Å². The number of hydrogen-bond acceptors (Lipinski definition) is 9. The number of nitrogens with one attached hydrogen (secondary N) is 1. The summed E-state index contributed by atoms with van der Waals surface area (Å²) in [5, 5.41) is 7.22. The number of ketones is 1. The highest BCUT2D eigenvalue weighted by Crippen LogP contribution is 2.42. The first-order valence-corrected chi connectivity index (χ1v) is 8.58. The van der Waals surface area contributed by atoms with Crippen molar-refractivity contribution < 1.29 is 24.5 Å². The van der Waals surface area contributed by atoms with E-state index in [2.05, 4.69) is 15.3 Å². The molecular weight excluding hydrogens is 404 g/mol. The minimum atomic E-state index is -1.73. The van der Waals surface area contributed by atoms with Crippen molar-refractivity contribution in [2.45, 2.75) is 12.1 Å². The molecule has 2 aliphatic rings. The van der Waals surface area contributed by atoms with Crippen LogP contribution in [0.2, 0.25) is 0 Å². The molecule has 0 aromatic heterocycles. The third-order valence-corrected chi connectivity index (χ3v) is 4.69. The van der Waals surface area contributed by atoms with Crippen LogP contribution in [0.4, 0.5) is 5.69 Å². The number of benzene rings is 1. The third-order valence-electron chi connectivity index (χ3n) is 4.69. The number of carbonyl (C=O) groups excluding carboxylic acids is 2. The Hall–Kier alpha value is -2.44. The fraction of sp³-hybridized carbons (Fsp3) is 0.471. The molecule has 1 fully saturated rings. The molecule has 1 aromatic rings. The van der Waals surface area contributed by atoms with E-state index >= 15 is 0 Å². The summed E-state index contributed by atoms with van der Waals surface area (Å²) in [7, 11) is 3.03. The Morgan fingerprint density at radius 2 is 1.79 bits per heavy atom. The highest BCUT2D eigenvalue weighted by molar-refractivity contribution is 6.05. The number of nitrogens with two attached hydrogens (primary N) is 2. The van der Waals surface area contributed by atoms with E-state index in [1.165, 1.54) is 20.6 Å². The van der Waals surface area contributed by atoms with Crippen LogP contribution in [0.3, 0.4) is 0 Å². The van der Waals surface area contributed by atoms with Crippen molar-refractivity contribution in [1.29, 1.82) is 0 Å². The van der Waals surface area contributed by atoms with Gasteiger partial charge >= 0.3 is 0 Å². The Kier molecular flexibility index (Phi) is 8.36. The van der Waals surface area contributed by atoms with Crippen molar-refractivity contribution in [3.05, 3.63) is 17.7 Å². The first kappa shape index (κ1) is 24.6. The van der Waals surface area contributed by atoms with Gasteiger partial charge in [-0.3, -0.25) is 20.3 Å². The van der Waals surface area contributed by atoms with Crippen LogP contribution in [0.25, 0.3) is 0 Å². The highest BCUT2D eigenvalue weighted by atomic mass is 35.5. The fourth-order valence-corrected chi connectivity index (χ4v) is 3.25. The monoisotopic (exact) mass is 430 g/mol. The number of fused-ring (bicyclic) bond motifs is 1. The van der Waals surface area contributed by atoms with E-state index < -0.39 is 23.8 Å². The van der Waals surface area contributed by atoms with E-state index in [1.807, 2.05) is 5.01 Å². The van der Waals surface area contributed by atoms with Crippen LogP contribution in [-0.4, -0.2) is 68.9 Å². The van der Waals surface area contributed by atoms with Crippen LogP contribution in [0.5, 0.6) is 11.5 Å². The molecule has 7 N–H and O–H groups in total. The van der Waals surface area contributed by atoms with Crippen molar-refractivity contribution in [2.24, 2.45) is 16.5 Å². The van der Waals surface area contributed by atoms with E-state index in [4.69, 9.17) is 20.9 Å². The molecule has 3 rings (SSSR count). The normalized spacial score (nSPS) is 20.7. The summed E-state index contributed by atoms with van der Waals surface area (Å²) < 4.78 is 10.8. The molecule has 29 heavy (non-hydrogen) atoms. The van der Waals surface area contributed by atoms with Gasteiger partial charge in [-0.25, -0.2) is 10.0 Å². The van der Waals surface area contributed by atoms with E-state index in [9.17, 15) is 9.59 Å². The summed E-state index contributed by atoms with van der Waals surface area (Å²) in [4.78, 5) is 28.2. The molecule has 0 bridgehead atoms. The Morgan fingerprint density at radius 1 is 1.21 bits per heavy atom. The zero-order valence-corrected chi connectivity index (χ0v) is 17.1. The van der Waals surface area contributed by atoms with Crippen LogP contribution in [-0.2, 0) is 15.3 Å². The largest absolute Gasteiger partial charge is 0.493 e. The van der Waals surface area contributed by atoms with E-state index in [-0.39, 0.29) is 17.9 Å². The predicted octanol–water partition coefficient (Wildman–Crippen LogP) is -1.47. The maximum atomic E-state index is 12.7. The van der Waals surface area contributed by atoms with Crippen LogP contribution in [0, 0.1) is 0 Å². The van der Waals surface area contributed by atoms with Crippen molar-refractivity contribution in [3.8, 4) is 11.5 Å². The lowest BCUT2D eigenvalue weighted by Gasteiger charge is -2.42. The lowest BCUT2D eigenvalue weighted by Crippen LogP contribution is -2.56. The minimum Gasteiger partial charge on any atom is -0.493 e. The van der Waals surface area contributed by atoms with Crippen LogP contribution in [0.15, 0.2) is 17.1 Å². The van der Waals surface area contributed by atoms with Gasteiger partial charge in [0.1, 0.15) is 6.34 Å². The fourth-order valence-electron chi connectivity index (χ4n) is 3.25. The third kappa shape index (κ3) is 4.60. The van der Waals surface area contributed by atoms with Gasteiger partial charge in [-0.05, 0) is 6.07 Å². The topological polar surface area (TPSA) is 167 Å². The van der Waals surface area contributed by atoms with Crippen molar-refractivity contribution in [3.63, 3.8) is 0 Å². The summed E-state index contributed by atoms with van der Waals surface area (Å²) in [5.41, 5.74) is 10.9. The molecule has 11 nitrogen and oxygen atoms in total. The molecule has 0 aliphatic carbocycles. The van der Waals surface area contributed by atoms with Gasteiger partial charge in [0.2, 0.25) is 5.91 Å². The number of piperazine rings is 1. The van der Waals surface area contributed by atoms with Crippen molar-refractivity contribution in [1.82, 2.24) is 10.3 Å². The van der Waals surface area contributed by atoms with Crippen LogP contribution in [0.1, 0.15) is 12.0 Å². The zero-order valence-electron chi connectivity index (χ0n) is 16.3. The number of carbonyl (C=O) groups is 2. The number of rotatable bonds is 6. The molecule has 1 saturated heterocycles. The number of aliphatic imine (C=N–C) groups is 1. The van der Waals surface area contributed by atoms with E-state index in [0.29, 0.717) is 22.7 Å². The molecule has 0 radical (unpaired) electrons. The molecular formula is C17H27ClN6O5. The molecule has 0 saturated carbocycles. The number of methoxy groups -OCH3 is 2. The Labute approximate surface area is 174 Å². The van der Waals surface area contributed by atoms with Gasteiger partial charge in [-0.2, -0.15) is 0 Å². The average molecular weight is 431 g/mol. The summed E-state index contributed by atoms with van der Waals surface area (Å²) in [6.07, 6.45) is 1.01. The zero-order chi connectivity index (χ0) is 19.6. The molecule has 2 heterocycles. The van der Waals surface area contributed by atoms with Crippen molar-refractivity contribution >= 4 is 36.1 Å². The first-order valence-electron chi connectivity index (χ1n) is 8.58. The second kappa shape index (κ2) is 9.85. The molecule has 1 unspecified atom stereocenters. The molecule has 1 aromatic carbocycles. The number of Topliss-reactive ketones (excluding diaryl/α,β-unsaturated/α-hetero) is 1. The number of amides is 1. The number of hydrazine groups is 1. The number of halogens is 1.